The van der Waals surface area contributed by atoms with Crippen molar-refractivity contribution in [1.82, 2.24) is 20.3 Å². The minimum Gasteiger partial charge on any atom is -0.457 e. The minimum atomic E-state index is -4.82. The van der Waals surface area contributed by atoms with Crippen LogP contribution in [0.2, 0.25) is 0 Å². The molecule has 0 unspecified atom stereocenters. The van der Waals surface area contributed by atoms with E-state index < -0.39 is 6.36 Å². The lowest BCUT2D eigenvalue weighted by Crippen LogP contribution is -2.18. The number of alkyl halides is 3. The highest BCUT2D eigenvalue weighted by molar-refractivity contribution is 5.92. The van der Waals surface area contributed by atoms with Crippen LogP contribution in [0.1, 0.15) is 10.5 Å². The van der Waals surface area contributed by atoms with Crippen LogP contribution in [0.15, 0.2) is 60.8 Å². The zero-order chi connectivity index (χ0) is 22.7. The molecule has 2 heterocycles. The second kappa shape index (κ2) is 8.46. The number of pyridine rings is 1. The summed E-state index contributed by atoms with van der Waals surface area (Å²) < 4.78 is 47.7. The van der Waals surface area contributed by atoms with Gasteiger partial charge >= 0.3 is 6.36 Å². The quantitative estimate of drug-likeness (QED) is 0.398. The van der Waals surface area contributed by atoms with Crippen molar-refractivity contribution < 1.29 is 27.4 Å². The lowest BCUT2D eigenvalue weighted by Gasteiger charge is -2.13. The van der Waals surface area contributed by atoms with Gasteiger partial charge in [0, 0.05) is 25.4 Å². The van der Waals surface area contributed by atoms with E-state index in [9.17, 15) is 18.0 Å². The third-order valence-corrected chi connectivity index (χ3v) is 4.25. The molecule has 11 heteroatoms. The lowest BCUT2D eigenvalue weighted by molar-refractivity contribution is -0.274. The fourth-order valence-electron chi connectivity index (χ4n) is 2.89. The monoisotopic (exact) mass is 443 g/mol. The summed E-state index contributed by atoms with van der Waals surface area (Å²) >= 11 is 0. The highest BCUT2D eigenvalue weighted by Gasteiger charge is 2.32. The van der Waals surface area contributed by atoms with Crippen LogP contribution in [0, 0.1) is 0 Å². The number of nitrogens with zero attached hydrogens (tertiary/aromatic N) is 2. The Bertz CT molecular complexity index is 1270. The van der Waals surface area contributed by atoms with Gasteiger partial charge in [-0.1, -0.05) is 12.1 Å². The summed E-state index contributed by atoms with van der Waals surface area (Å²) in [6.07, 6.45) is -3.36. The number of aromatic amines is 1. The molecule has 4 rings (SSSR count). The smallest absolute Gasteiger partial charge is 0.457 e. The second-order valence-electron chi connectivity index (χ2n) is 6.49. The van der Waals surface area contributed by atoms with Gasteiger partial charge in [0.1, 0.15) is 17.2 Å². The molecule has 0 fully saturated rings. The van der Waals surface area contributed by atoms with Gasteiger partial charge in [0.15, 0.2) is 5.75 Å². The van der Waals surface area contributed by atoms with E-state index >= 15 is 0 Å². The third kappa shape index (κ3) is 4.89. The number of fused-ring (bicyclic) bond motifs is 1. The van der Waals surface area contributed by atoms with E-state index in [4.69, 9.17) is 4.74 Å². The standard InChI is InChI=1S/C21H16F3N5O3/c1-25-19(30)17-11-13(8-9-26-17)31-12-6-7-14-16(10-12)29-20(27-14)28-15-4-2-3-5-18(15)32-21(22,23)24/h2-11H,1H3,(H,25,30)(H2,27,28,29). The molecule has 0 aliphatic carbocycles. The third-order valence-electron chi connectivity index (χ3n) is 4.25. The molecule has 0 aliphatic heterocycles. The van der Waals surface area contributed by atoms with Gasteiger partial charge in [0.25, 0.3) is 5.91 Å². The molecule has 8 nitrogen and oxygen atoms in total. The van der Waals surface area contributed by atoms with Crippen molar-refractivity contribution >= 4 is 28.6 Å². The molecule has 0 saturated heterocycles. The molecule has 0 spiro atoms. The zero-order valence-electron chi connectivity index (χ0n) is 16.5. The maximum Gasteiger partial charge on any atom is 0.573 e. The van der Waals surface area contributed by atoms with E-state index in [0.717, 1.165) is 0 Å². The Morgan fingerprint density at radius 2 is 1.84 bits per heavy atom. The van der Waals surface area contributed by atoms with E-state index in [1.807, 2.05) is 0 Å². The van der Waals surface area contributed by atoms with Gasteiger partial charge in [0.05, 0.1) is 16.7 Å². The average Bonchev–Trinajstić information content (AvgIpc) is 3.15. The molecular formula is C21H16F3N5O3. The summed E-state index contributed by atoms with van der Waals surface area (Å²) in [7, 11) is 1.50. The summed E-state index contributed by atoms with van der Waals surface area (Å²) in [4.78, 5) is 23.0. The molecule has 0 radical (unpaired) electrons. The highest BCUT2D eigenvalue weighted by Crippen LogP contribution is 2.32. The van der Waals surface area contributed by atoms with Crippen LogP contribution in [-0.2, 0) is 0 Å². The number of para-hydroxylation sites is 2. The number of ether oxygens (including phenoxy) is 2. The Hall–Kier alpha value is -4.28. The lowest BCUT2D eigenvalue weighted by atomic mass is 10.3. The molecular weight excluding hydrogens is 427 g/mol. The average molecular weight is 443 g/mol. The second-order valence-corrected chi connectivity index (χ2v) is 6.49. The number of hydrogen-bond acceptors (Lipinski definition) is 6. The molecule has 2 aromatic carbocycles. The number of anilines is 2. The fraction of sp³-hybridized carbons (Fsp3) is 0.0952. The topological polar surface area (TPSA) is 101 Å². The molecule has 0 bridgehead atoms. The molecule has 164 valence electrons. The van der Waals surface area contributed by atoms with Crippen molar-refractivity contribution in [2.75, 3.05) is 12.4 Å². The van der Waals surface area contributed by atoms with Crippen LogP contribution >= 0.6 is 0 Å². The van der Waals surface area contributed by atoms with Crippen LogP contribution in [-0.4, -0.2) is 34.3 Å². The fourth-order valence-corrected chi connectivity index (χ4v) is 2.89. The first-order valence-electron chi connectivity index (χ1n) is 9.28. The minimum absolute atomic E-state index is 0.0962. The number of imidazole rings is 1. The van der Waals surface area contributed by atoms with E-state index in [1.165, 1.54) is 37.5 Å². The van der Waals surface area contributed by atoms with E-state index in [1.54, 1.807) is 30.3 Å². The summed E-state index contributed by atoms with van der Waals surface area (Å²) in [6, 6.07) is 13.8. The van der Waals surface area contributed by atoms with Crippen LogP contribution in [0.25, 0.3) is 11.0 Å². The maximum absolute atomic E-state index is 12.6. The van der Waals surface area contributed by atoms with Gasteiger partial charge in [-0.15, -0.1) is 13.2 Å². The Kier molecular flexibility index (Phi) is 5.54. The summed E-state index contributed by atoms with van der Waals surface area (Å²) in [5.41, 5.74) is 1.45. The molecule has 3 N–H and O–H groups in total. The van der Waals surface area contributed by atoms with Gasteiger partial charge in [-0.25, -0.2) is 4.98 Å². The van der Waals surface area contributed by atoms with Gasteiger partial charge in [-0.05, 0) is 30.3 Å². The molecule has 0 aliphatic rings. The predicted molar refractivity (Wildman–Crippen MR) is 110 cm³/mol. The van der Waals surface area contributed by atoms with Crippen molar-refractivity contribution in [2.45, 2.75) is 6.36 Å². The maximum atomic E-state index is 12.6. The SMILES string of the molecule is CNC(=O)c1cc(Oc2ccc3nc(Nc4ccccc4OC(F)(F)F)[nH]c3c2)ccn1. The van der Waals surface area contributed by atoms with Crippen molar-refractivity contribution in [3.05, 3.63) is 66.5 Å². The zero-order valence-corrected chi connectivity index (χ0v) is 16.5. The molecule has 32 heavy (non-hydrogen) atoms. The number of carbonyl (C=O) groups is 1. The predicted octanol–water partition coefficient (Wildman–Crippen LogP) is 4.75. The number of halogens is 3. The molecule has 1 amide bonds. The van der Waals surface area contributed by atoms with E-state index in [2.05, 4.69) is 30.3 Å². The largest absolute Gasteiger partial charge is 0.573 e. The van der Waals surface area contributed by atoms with E-state index in [-0.39, 0.29) is 29.0 Å². The van der Waals surface area contributed by atoms with Gasteiger partial charge in [-0.3, -0.25) is 9.78 Å². The first kappa shape index (κ1) is 21.0. The summed E-state index contributed by atoms with van der Waals surface area (Å²) in [5.74, 6) is 0.372. The number of nitrogens with one attached hydrogen (secondary N) is 3. The Labute approximate surface area is 179 Å². The Morgan fingerprint density at radius 3 is 2.62 bits per heavy atom. The van der Waals surface area contributed by atoms with Crippen LogP contribution < -0.4 is 20.1 Å². The number of hydrogen-bond donors (Lipinski definition) is 3. The first-order chi connectivity index (χ1) is 15.3. The summed E-state index contributed by atoms with van der Waals surface area (Å²) in [5, 5.41) is 5.28. The number of aromatic nitrogens is 3. The normalized spacial score (nSPS) is 11.2. The highest BCUT2D eigenvalue weighted by atomic mass is 19.4. The number of carbonyl (C=O) groups excluding carboxylic acids is 1. The van der Waals surface area contributed by atoms with Crippen LogP contribution in [0.5, 0.6) is 17.2 Å². The van der Waals surface area contributed by atoms with Gasteiger partial charge in [0.2, 0.25) is 5.95 Å². The van der Waals surface area contributed by atoms with Crippen LogP contribution in [0.4, 0.5) is 24.8 Å². The molecule has 0 atom stereocenters. The van der Waals surface area contributed by atoms with Gasteiger partial charge in [-0.2, -0.15) is 0 Å². The first-order valence-corrected chi connectivity index (χ1v) is 9.28. The number of amides is 1. The number of H-pyrrole nitrogens is 1. The number of rotatable bonds is 6. The Morgan fingerprint density at radius 1 is 1.06 bits per heavy atom. The molecule has 2 aromatic heterocycles. The summed E-state index contributed by atoms with van der Waals surface area (Å²) in [6.45, 7) is 0. The molecule has 0 saturated carbocycles. The number of benzene rings is 2. The Balaban J connectivity index is 1.55. The van der Waals surface area contributed by atoms with Crippen molar-refractivity contribution in [1.29, 1.82) is 0 Å². The van der Waals surface area contributed by atoms with Crippen molar-refractivity contribution in [3.63, 3.8) is 0 Å². The van der Waals surface area contributed by atoms with Gasteiger partial charge < -0.3 is 25.1 Å². The van der Waals surface area contributed by atoms with E-state index in [0.29, 0.717) is 22.5 Å². The molecule has 4 aromatic rings. The van der Waals surface area contributed by atoms with Crippen molar-refractivity contribution in [2.24, 2.45) is 0 Å². The van der Waals surface area contributed by atoms with Crippen LogP contribution in [0.3, 0.4) is 0 Å². The van der Waals surface area contributed by atoms with Crippen molar-refractivity contribution in [3.8, 4) is 17.2 Å².